The van der Waals surface area contributed by atoms with Crippen molar-refractivity contribution in [3.8, 4) is 28.7 Å². The summed E-state index contributed by atoms with van der Waals surface area (Å²) < 4.78 is 16.5. The van der Waals surface area contributed by atoms with Crippen LogP contribution in [0.15, 0.2) is 46.9 Å². The van der Waals surface area contributed by atoms with Gasteiger partial charge in [0.25, 0.3) is 5.91 Å². The molecule has 0 aliphatic carbocycles. The number of phenols is 1. The summed E-state index contributed by atoms with van der Waals surface area (Å²) in [5.74, 6) is 1.19. The molecule has 0 atom stereocenters. The van der Waals surface area contributed by atoms with Crippen molar-refractivity contribution in [2.45, 2.75) is 20.8 Å². The summed E-state index contributed by atoms with van der Waals surface area (Å²) in [6, 6.07) is 12.2. The lowest BCUT2D eigenvalue weighted by Gasteiger charge is -2.10. The summed E-state index contributed by atoms with van der Waals surface area (Å²) in [5.41, 5.74) is 5.51. The van der Waals surface area contributed by atoms with E-state index in [0.29, 0.717) is 50.9 Å². The highest BCUT2D eigenvalue weighted by atomic mass is 16.7. The molecule has 2 heterocycles. The van der Waals surface area contributed by atoms with Gasteiger partial charge in [0.2, 0.25) is 12.7 Å². The van der Waals surface area contributed by atoms with Gasteiger partial charge in [0.15, 0.2) is 17.1 Å². The van der Waals surface area contributed by atoms with Crippen LogP contribution in [0.5, 0.6) is 17.2 Å². The lowest BCUT2D eigenvalue weighted by atomic mass is 10.1. The van der Waals surface area contributed by atoms with Gasteiger partial charge in [-0.3, -0.25) is 4.79 Å². The van der Waals surface area contributed by atoms with Crippen LogP contribution in [0, 0.1) is 20.8 Å². The molecule has 31 heavy (non-hydrogen) atoms. The molecule has 7 nitrogen and oxygen atoms in total. The number of carbonyl (C=O) groups is 1. The number of oxazole rings is 1. The lowest BCUT2D eigenvalue weighted by molar-refractivity contribution is 0.102. The number of nitrogens with zero attached hydrogens (tertiary/aromatic N) is 1. The van der Waals surface area contributed by atoms with Crippen molar-refractivity contribution in [3.05, 3.63) is 64.7 Å². The van der Waals surface area contributed by atoms with Crippen LogP contribution in [-0.2, 0) is 0 Å². The van der Waals surface area contributed by atoms with Crippen LogP contribution in [-0.4, -0.2) is 22.8 Å². The minimum absolute atomic E-state index is 0.0566. The highest BCUT2D eigenvalue weighted by molar-refractivity contribution is 6.05. The van der Waals surface area contributed by atoms with E-state index in [-0.39, 0.29) is 18.4 Å². The molecule has 0 spiro atoms. The molecule has 2 N–H and O–H groups in total. The number of benzene rings is 3. The zero-order chi connectivity index (χ0) is 21.7. The normalized spacial score (nSPS) is 12.4. The van der Waals surface area contributed by atoms with Crippen molar-refractivity contribution in [3.63, 3.8) is 0 Å². The molecule has 1 aromatic heterocycles. The number of amides is 1. The van der Waals surface area contributed by atoms with Gasteiger partial charge in [0, 0.05) is 11.3 Å². The fourth-order valence-corrected chi connectivity index (χ4v) is 3.55. The SMILES string of the molecule is Cc1cc2nc(-c3cc(NC(=O)c4ccc5c(c4)OCO5)cc(C)c3O)oc2cc1C. The van der Waals surface area contributed by atoms with E-state index in [0.717, 1.165) is 11.1 Å². The number of rotatable bonds is 3. The minimum Gasteiger partial charge on any atom is -0.507 e. The molecule has 0 unspecified atom stereocenters. The van der Waals surface area contributed by atoms with Crippen molar-refractivity contribution in [1.29, 1.82) is 0 Å². The van der Waals surface area contributed by atoms with E-state index in [1.165, 1.54) is 0 Å². The highest BCUT2D eigenvalue weighted by Gasteiger charge is 2.19. The Kier molecular flexibility index (Phi) is 4.32. The summed E-state index contributed by atoms with van der Waals surface area (Å²) in [7, 11) is 0. The topological polar surface area (TPSA) is 93.8 Å². The standard InChI is InChI=1S/C24H20N2O5/c1-12-7-18-20(8-13(12)2)31-24(26-18)17-10-16(6-14(3)22(17)27)25-23(28)15-4-5-19-21(9-15)30-11-29-19/h4-10,27H,11H2,1-3H3,(H,25,28). The van der Waals surface area contributed by atoms with Crippen LogP contribution < -0.4 is 14.8 Å². The highest BCUT2D eigenvalue weighted by Crippen LogP contribution is 2.37. The number of fused-ring (bicyclic) bond motifs is 2. The van der Waals surface area contributed by atoms with Gasteiger partial charge < -0.3 is 24.3 Å². The third-order valence-corrected chi connectivity index (χ3v) is 5.43. The van der Waals surface area contributed by atoms with E-state index in [2.05, 4.69) is 10.3 Å². The Balaban J connectivity index is 1.49. The Hall–Kier alpha value is -4.00. The molecule has 0 bridgehead atoms. The number of carbonyl (C=O) groups excluding carboxylic acids is 1. The predicted octanol–water partition coefficient (Wildman–Crippen LogP) is 5.11. The number of ether oxygens (including phenoxy) is 2. The van der Waals surface area contributed by atoms with Crippen LogP contribution in [0.1, 0.15) is 27.0 Å². The van der Waals surface area contributed by atoms with Crippen molar-refractivity contribution in [2.24, 2.45) is 0 Å². The quantitative estimate of drug-likeness (QED) is 0.451. The molecule has 1 amide bonds. The second kappa shape index (κ2) is 7.05. The fourth-order valence-electron chi connectivity index (χ4n) is 3.55. The number of hydrogen-bond donors (Lipinski definition) is 2. The van der Waals surface area contributed by atoms with Gasteiger partial charge in [-0.2, -0.15) is 0 Å². The molecule has 0 radical (unpaired) electrons. The minimum atomic E-state index is -0.307. The number of anilines is 1. The zero-order valence-corrected chi connectivity index (χ0v) is 17.3. The molecule has 0 fully saturated rings. The molecule has 7 heteroatoms. The third kappa shape index (κ3) is 3.34. The van der Waals surface area contributed by atoms with Crippen molar-refractivity contribution in [1.82, 2.24) is 4.98 Å². The van der Waals surface area contributed by atoms with Crippen molar-refractivity contribution < 1.29 is 23.8 Å². The second-order valence-electron chi connectivity index (χ2n) is 7.63. The Morgan fingerprint density at radius 3 is 2.58 bits per heavy atom. The molecule has 1 aliphatic heterocycles. The average Bonchev–Trinajstić information content (AvgIpc) is 3.36. The number of phenolic OH excluding ortho intramolecular Hbond substituents is 1. The number of hydrogen-bond acceptors (Lipinski definition) is 6. The summed E-state index contributed by atoms with van der Waals surface area (Å²) in [6.07, 6.45) is 0. The van der Waals surface area contributed by atoms with Gasteiger partial charge >= 0.3 is 0 Å². The second-order valence-corrected chi connectivity index (χ2v) is 7.63. The van der Waals surface area contributed by atoms with Crippen LogP contribution in [0.3, 0.4) is 0 Å². The van der Waals surface area contributed by atoms with Crippen LogP contribution in [0.2, 0.25) is 0 Å². The molecule has 0 saturated carbocycles. The van der Waals surface area contributed by atoms with Crippen LogP contribution >= 0.6 is 0 Å². The van der Waals surface area contributed by atoms with E-state index >= 15 is 0 Å². The van der Waals surface area contributed by atoms with Crippen LogP contribution in [0.25, 0.3) is 22.6 Å². The first-order valence-corrected chi connectivity index (χ1v) is 9.82. The molecule has 0 saturated heterocycles. The van der Waals surface area contributed by atoms with Gasteiger partial charge in [0.05, 0.1) is 5.56 Å². The molecule has 156 valence electrons. The maximum atomic E-state index is 12.8. The van der Waals surface area contributed by atoms with Gasteiger partial charge in [-0.25, -0.2) is 4.98 Å². The van der Waals surface area contributed by atoms with Crippen molar-refractivity contribution >= 4 is 22.7 Å². The van der Waals surface area contributed by atoms with Crippen molar-refractivity contribution in [2.75, 3.05) is 12.1 Å². The maximum absolute atomic E-state index is 12.8. The summed E-state index contributed by atoms with van der Waals surface area (Å²) >= 11 is 0. The van der Waals surface area contributed by atoms with E-state index in [1.807, 2.05) is 26.0 Å². The molecular formula is C24H20N2O5. The number of nitrogens with one attached hydrogen (secondary N) is 1. The maximum Gasteiger partial charge on any atom is 0.255 e. The summed E-state index contributed by atoms with van der Waals surface area (Å²) in [4.78, 5) is 17.3. The zero-order valence-electron chi connectivity index (χ0n) is 17.3. The largest absolute Gasteiger partial charge is 0.507 e. The smallest absolute Gasteiger partial charge is 0.255 e. The summed E-state index contributed by atoms with van der Waals surface area (Å²) in [5, 5.41) is 13.5. The number of aromatic hydroxyl groups is 1. The molecule has 1 aliphatic rings. The Morgan fingerprint density at radius 2 is 1.74 bits per heavy atom. The molecule has 3 aromatic carbocycles. The average molecular weight is 416 g/mol. The Bertz CT molecular complexity index is 1320. The lowest BCUT2D eigenvalue weighted by Crippen LogP contribution is -2.12. The number of aromatic nitrogens is 1. The molecule has 4 aromatic rings. The van der Waals surface area contributed by atoms with Gasteiger partial charge in [-0.1, -0.05) is 0 Å². The predicted molar refractivity (Wildman–Crippen MR) is 116 cm³/mol. The first-order chi connectivity index (χ1) is 14.9. The molecule has 5 rings (SSSR count). The molecular weight excluding hydrogens is 396 g/mol. The van der Waals surface area contributed by atoms with E-state index in [4.69, 9.17) is 13.9 Å². The van der Waals surface area contributed by atoms with Gasteiger partial charge in [0.1, 0.15) is 11.3 Å². The fraction of sp³-hybridized carbons (Fsp3) is 0.167. The van der Waals surface area contributed by atoms with Crippen LogP contribution in [0.4, 0.5) is 5.69 Å². The summed E-state index contributed by atoms with van der Waals surface area (Å²) in [6.45, 7) is 5.92. The van der Waals surface area contributed by atoms with Gasteiger partial charge in [-0.15, -0.1) is 0 Å². The van der Waals surface area contributed by atoms with E-state index < -0.39 is 0 Å². The van der Waals surface area contributed by atoms with E-state index in [1.54, 1.807) is 37.3 Å². The van der Waals surface area contributed by atoms with E-state index in [9.17, 15) is 9.90 Å². The third-order valence-electron chi connectivity index (χ3n) is 5.43. The van der Waals surface area contributed by atoms with Gasteiger partial charge in [-0.05, 0) is 79.9 Å². The first kappa shape index (κ1) is 19.0. The Morgan fingerprint density at radius 1 is 0.968 bits per heavy atom. The Labute approximate surface area is 178 Å². The first-order valence-electron chi connectivity index (χ1n) is 9.82. The number of aryl methyl sites for hydroxylation is 3. The monoisotopic (exact) mass is 416 g/mol.